The third-order valence-corrected chi connectivity index (χ3v) is 8.83. The van der Waals surface area contributed by atoms with Gasteiger partial charge in [0.25, 0.3) is 20.0 Å². The zero-order valence-electron chi connectivity index (χ0n) is 20.3. The molecule has 6 nitrogen and oxygen atoms in total. The van der Waals surface area contributed by atoms with Crippen molar-refractivity contribution in [3.8, 4) is 11.1 Å². The van der Waals surface area contributed by atoms with Crippen molar-refractivity contribution < 1.29 is 43.2 Å². The fourth-order valence-electron chi connectivity index (χ4n) is 3.65. The first-order valence-electron chi connectivity index (χ1n) is 11.3. The van der Waals surface area contributed by atoms with Crippen molar-refractivity contribution in [2.45, 2.75) is 22.1 Å². The van der Waals surface area contributed by atoms with Gasteiger partial charge in [-0.05, 0) is 71.8 Å². The average Bonchev–Trinajstić information content (AvgIpc) is 2.88. The number of hydrogen-bond acceptors (Lipinski definition) is 4. The Bertz CT molecular complexity index is 1830. The van der Waals surface area contributed by atoms with Crippen molar-refractivity contribution in [3.05, 3.63) is 107 Å². The SMILES string of the molecule is O=S(=O)(Nc1ccc(-c2cccc(Br)c2)cc1NS(=O)(=O)c1cccc(C(F)(F)F)c1)c1cccc(C(F)(F)F)c1. The van der Waals surface area contributed by atoms with Crippen LogP contribution in [0.5, 0.6) is 0 Å². The number of halogens is 7. The Balaban J connectivity index is 1.80. The van der Waals surface area contributed by atoms with E-state index in [9.17, 15) is 43.2 Å². The molecule has 0 radical (unpaired) electrons. The second kappa shape index (κ2) is 11.0. The van der Waals surface area contributed by atoms with Crippen LogP contribution >= 0.6 is 15.9 Å². The standard InChI is InChI=1S/C26H17BrF6N2O4S2/c27-20-7-1-4-16(12-20)17-10-11-23(34-40(36,37)21-8-2-5-18(14-21)25(28,29)30)24(13-17)35-41(38,39)22-9-3-6-19(15-22)26(31,32)33/h1-15,34-35H. The van der Waals surface area contributed by atoms with E-state index >= 15 is 0 Å². The number of hydrogen-bond donors (Lipinski definition) is 2. The van der Waals surface area contributed by atoms with Crippen molar-refractivity contribution in [2.24, 2.45) is 0 Å². The number of rotatable bonds is 7. The zero-order chi connectivity index (χ0) is 30.2. The van der Waals surface area contributed by atoms with Gasteiger partial charge in [-0.3, -0.25) is 9.44 Å². The average molecular weight is 679 g/mol. The molecular weight excluding hydrogens is 662 g/mol. The predicted octanol–water partition coefficient (Wildman–Crippen LogP) is 7.76. The Hall–Kier alpha value is -3.56. The molecule has 0 spiro atoms. The first-order valence-corrected chi connectivity index (χ1v) is 15.0. The minimum Gasteiger partial charge on any atom is -0.277 e. The molecule has 216 valence electrons. The second-order valence-corrected chi connectivity index (χ2v) is 12.8. The number of anilines is 2. The molecule has 0 atom stereocenters. The number of benzene rings is 4. The molecule has 2 N–H and O–H groups in total. The highest BCUT2D eigenvalue weighted by molar-refractivity contribution is 9.10. The molecule has 4 aromatic rings. The van der Waals surface area contributed by atoms with Gasteiger partial charge in [0.15, 0.2) is 0 Å². The maximum Gasteiger partial charge on any atom is 0.416 e. The Labute approximate surface area is 239 Å². The van der Waals surface area contributed by atoms with Crippen LogP contribution in [0.25, 0.3) is 11.1 Å². The van der Waals surface area contributed by atoms with E-state index in [0.717, 1.165) is 24.3 Å². The summed E-state index contributed by atoms with van der Waals surface area (Å²) in [4.78, 5) is -1.51. The van der Waals surface area contributed by atoms with Crippen molar-refractivity contribution in [1.29, 1.82) is 0 Å². The van der Waals surface area contributed by atoms with Crippen molar-refractivity contribution in [2.75, 3.05) is 9.44 Å². The molecule has 0 saturated heterocycles. The third-order valence-electron chi connectivity index (χ3n) is 5.61. The Morgan fingerprint density at radius 1 is 0.537 bits per heavy atom. The first-order chi connectivity index (χ1) is 19.0. The molecule has 0 unspecified atom stereocenters. The van der Waals surface area contributed by atoms with E-state index in [1.54, 1.807) is 24.3 Å². The molecule has 0 heterocycles. The summed E-state index contributed by atoms with van der Waals surface area (Å²) in [5.41, 5.74) is -2.29. The van der Waals surface area contributed by atoms with E-state index in [0.29, 0.717) is 39.9 Å². The monoisotopic (exact) mass is 678 g/mol. The van der Waals surface area contributed by atoms with Gasteiger partial charge in [-0.25, -0.2) is 16.8 Å². The van der Waals surface area contributed by atoms with Crippen LogP contribution in [-0.4, -0.2) is 16.8 Å². The van der Waals surface area contributed by atoms with E-state index in [2.05, 4.69) is 25.4 Å². The lowest BCUT2D eigenvalue weighted by molar-refractivity contribution is -0.138. The van der Waals surface area contributed by atoms with Crippen LogP contribution in [0, 0.1) is 0 Å². The van der Waals surface area contributed by atoms with Crippen molar-refractivity contribution >= 4 is 47.4 Å². The number of nitrogens with one attached hydrogen (secondary N) is 2. The summed E-state index contributed by atoms with van der Waals surface area (Å²) in [5.74, 6) is 0. The Kier molecular flexibility index (Phi) is 8.17. The zero-order valence-corrected chi connectivity index (χ0v) is 23.5. The summed E-state index contributed by atoms with van der Waals surface area (Å²) in [5, 5.41) is 0. The molecule has 0 aliphatic heterocycles. The summed E-state index contributed by atoms with van der Waals surface area (Å²) < 4.78 is 136. The molecule has 0 bridgehead atoms. The van der Waals surface area contributed by atoms with Gasteiger partial charge in [0, 0.05) is 4.47 Å². The van der Waals surface area contributed by atoms with Gasteiger partial charge in [0.05, 0.1) is 32.3 Å². The lowest BCUT2D eigenvalue weighted by atomic mass is 10.0. The van der Waals surface area contributed by atoms with Crippen molar-refractivity contribution in [1.82, 2.24) is 0 Å². The molecule has 0 aliphatic carbocycles. The largest absolute Gasteiger partial charge is 0.416 e. The van der Waals surface area contributed by atoms with Crippen LogP contribution in [0.2, 0.25) is 0 Å². The third kappa shape index (κ3) is 7.21. The van der Waals surface area contributed by atoms with E-state index in [1.807, 2.05) is 0 Å². The highest BCUT2D eigenvalue weighted by Gasteiger charge is 2.33. The van der Waals surface area contributed by atoms with E-state index < -0.39 is 64.7 Å². The molecule has 0 aliphatic rings. The highest BCUT2D eigenvalue weighted by Crippen LogP contribution is 2.36. The maximum atomic E-state index is 13.2. The summed E-state index contributed by atoms with van der Waals surface area (Å²) >= 11 is 3.30. The maximum absolute atomic E-state index is 13.2. The van der Waals surface area contributed by atoms with Crippen LogP contribution in [0.15, 0.2) is 105 Å². The van der Waals surface area contributed by atoms with Gasteiger partial charge in [-0.15, -0.1) is 0 Å². The summed E-state index contributed by atoms with van der Waals surface area (Å²) in [6, 6.07) is 16.4. The van der Waals surface area contributed by atoms with Crippen LogP contribution < -0.4 is 9.44 Å². The van der Waals surface area contributed by atoms with Gasteiger partial charge in [0.2, 0.25) is 0 Å². The number of alkyl halides is 6. The Morgan fingerprint density at radius 2 is 1.00 bits per heavy atom. The smallest absolute Gasteiger partial charge is 0.277 e. The first kappa shape index (κ1) is 30.4. The van der Waals surface area contributed by atoms with Crippen LogP contribution in [0.1, 0.15) is 11.1 Å². The minimum atomic E-state index is -4.84. The topological polar surface area (TPSA) is 92.3 Å². The molecule has 0 aromatic heterocycles. The second-order valence-electron chi connectivity index (χ2n) is 8.53. The number of sulfonamides is 2. The van der Waals surface area contributed by atoms with Gasteiger partial charge in [-0.1, -0.05) is 46.3 Å². The summed E-state index contributed by atoms with van der Waals surface area (Å²) in [6.07, 6.45) is -9.67. The molecule has 4 rings (SSSR count). The van der Waals surface area contributed by atoms with E-state index in [4.69, 9.17) is 0 Å². The molecule has 0 fully saturated rings. The molecule has 41 heavy (non-hydrogen) atoms. The molecule has 0 saturated carbocycles. The van der Waals surface area contributed by atoms with Crippen LogP contribution in [0.3, 0.4) is 0 Å². The molecule has 4 aromatic carbocycles. The quantitative estimate of drug-likeness (QED) is 0.196. The van der Waals surface area contributed by atoms with Gasteiger partial charge in [-0.2, -0.15) is 26.3 Å². The van der Waals surface area contributed by atoms with Crippen LogP contribution in [-0.2, 0) is 32.4 Å². The highest BCUT2D eigenvalue weighted by atomic mass is 79.9. The minimum absolute atomic E-state index is 0.384. The Morgan fingerprint density at radius 3 is 1.49 bits per heavy atom. The summed E-state index contributed by atoms with van der Waals surface area (Å²) in [7, 11) is -9.41. The van der Waals surface area contributed by atoms with Crippen molar-refractivity contribution in [3.63, 3.8) is 0 Å². The lowest BCUT2D eigenvalue weighted by Gasteiger charge is -2.17. The van der Waals surface area contributed by atoms with E-state index in [1.165, 1.54) is 18.2 Å². The molecule has 15 heteroatoms. The fraction of sp³-hybridized carbons (Fsp3) is 0.0769. The molecular formula is C26H17BrF6N2O4S2. The van der Waals surface area contributed by atoms with Crippen LogP contribution in [0.4, 0.5) is 37.7 Å². The van der Waals surface area contributed by atoms with Gasteiger partial charge >= 0.3 is 12.4 Å². The lowest BCUT2D eigenvalue weighted by Crippen LogP contribution is -2.18. The fourth-order valence-corrected chi connectivity index (χ4v) is 6.29. The predicted molar refractivity (Wildman–Crippen MR) is 144 cm³/mol. The van der Waals surface area contributed by atoms with Gasteiger partial charge < -0.3 is 0 Å². The summed E-state index contributed by atoms with van der Waals surface area (Å²) in [6.45, 7) is 0. The molecule has 0 amide bonds. The van der Waals surface area contributed by atoms with Gasteiger partial charge in [0.1, 0.15) is 0 Å². The normalized spacial score (nSPS) is 12.7. The van der Waals surface area contributed by atoms with E-state index in [-0.39, 0.29) is 0 Å².